The Morgan fingerprint density at radius 1 is 1.13 bits per heavy atom. The number of nitrogens with zero attached hydrogens (tertiary/aromatic N) is 3. The number of benzene rings is 2. The van der Waals surface area contributed by atoms with Gasteiger partial charge in [-0.25, -0.2) is 4.39 Å². The molecule has 0 spiro atoms. The van der Waals surface area contributed by atoms with E-state index in [1.807, 2.05) is 43.3 Å². The molecule has 0 amide bonds. The second-order valence-corrected chi connectivity index (χ2v) is 7.70. The van der Waals surface area contributed by atoms with Crippen LogP contribution in [0, 0.1) is 5.82 Å². The molecule has 0 bridgehead atoms. The molecule has 1 heterocycles. The van der Waals surface area contributed by atoms with E-state index in [1.165, 1.54) is 12.1 Å². The van der Waals surface area contributed by atoms with Gasteiger partial charge in [-0.05, 0) is 24.6 Å². The van der Waals surface area contributed by atoms with Gasteiger partial charge in [0.25, 0.3) is 0 Å². The van der Waals surface area contributed by atoms with E-state index < -0.39 is 11.9 Å². The Hall–Kier alpha value is -2.83. The number of hydrogen-bond donors (Lipinski definition) is 1. The van der Waals surface area contributed by atoms with Gasteiger partial charge >= 0.3 is 0 Å². The lowest BCUT2D eigenvalue weighted by molar-refractivity contribution is 0.227. The van der Waals surface area contributed by atoms with Crippen LogP contribution < -0.4 is 10.5 Å². The van der Waals surface area contributed by atoms with Crippen molar-refractivity contribution in [2.24, 2.45) is 0 Å². The van der Waals surface area contributed by atoms with Crippen LogP contribution in [-0.4, -0.2) is 29.2 Å². The van der Waals surface area contributed by atoms with E-state index in [0.717, 1.165) is 16.8 Å². The summed E-state index contributed by atoms with van der Waals surface area (Å²) in [5, 5.41) is 8.34. The Balaban J connectivity index is 1.89. The van der Waals surface area contributed by atoms with Crippen LogP contribution in [0.25, 0.3) is 17.0 Å². The number of nitrogen functional groups attached to an aromatic ring is 1. The SMILES string of the molecule is C=C(c1ccc(-c2cc(OC(C)c3c(Cl)ccc(F)c3Cl)c(N)nn2)cc1)N(C)C. The zero-order chi connectivity index (χ0) is 22.0. The number of aromatic nitrogens is 2. The van der Waals surface area contributed by atoms with Crippen LogP contribution in [0.2, 0.25) is 10.0 Å². The summed E-state index contributed by atoms with van der Waals surface area (Å²) in [7, 11) is 3.87. The van der Waals surface area contributed by atoms with Crippen molar-refractivity contribution in [2.75, 3.05) is 19.8 Å². The number of nitrogens with two attached hydrogens (primary N) is 1. The van der Waals surface area contributed by atoms with Crippen LogP contribution in [0.5, 0.6) is 5.75 Å². The molecular weight excluding hydrogens is 426 g/mol. The molecule has 8 heteroatoms. The maximum Gasteiger partial charge on any atom is 0.188 e. The number of anilines is 1. The number of rotatable bonds is 6. The van der Waals surface area contributed by atoms with E-state index in [1.54, 1.807) is 13.0 Å². The Kier molecular flexibility index (Phi) is 6.48. The zero-order valence-electron chi connectivity index (χ0n) is 16.8. The minimum Gasteiger partial charge on any atom is -0.482 e. The lowest BCUT2D eigenvalue weighted by Gasteiger charge is -2.19. The maximum absolute atomic E-state index is 13.9. The van der Waals surface area contributed by atoms with Crippen molar-refractivity contribution in [3.05, 3.63) is 76.0 Å². The van der Waals surface area contributed by atoms with Crippen molar-refractivity contribution in [1.29, 1.82) is 0 Å². The van der Waals surface area contributed by atoms with Crippen LogP contribution in [0.1, 0.15) is 24.2 Å². The molecule has 3 rings (SSSR count). The van der Waals surface area contributed by atoms with Gasteiger partial charge < -0.3 is 15.4 Å². The smallest absolute Gasteiger partial charge is 0.188 e. The predicted molar refractivity (Wildman–Crippen MR) is 120 cm³/mol. The van der Waals surface area contributed by atoms with Crippen LogP contribution in [0.15, 0.2) is 49.0 Å². The van der Waals surface area contributed by atoms with Crippen molar-refractivity contribution >= 4 is 34.7 Å². The second kappa shape index (κ2) is 8.90. The van der Waals surface area contributed by atoms with Crippen LogP contribution in [0.3, 0.4) is 0 Å². The molecule has 2 N–H and O–H groups in total. The maximum atomic E-state index is 13.9. The molecule has 3 aromatic rings. The molecule has 0 aliphatic rings. The van der Waals surface area contributed by atoms with Crippen molar-refractivity contribution in [3.8, 4) is 17.0 Å². The molecule has 0 saturated carbocycles. The standard InChI is InChI=1S/C22H21Cl2FN4O/c1-12(29(3)4)14-5-7-15(8-6-14)18-11-19(22(26)28-27-18)30-13(2)20-16(23)9-10-17(25)21(20)24/h5-11,13H,1H2,2-4H3,(H2,26,28). The van der Waals surface area contributed by atoms with Crippen LogP contribution in [-0.2, 0) is 0 Å². The first-order valence-corrected chi connectivity index (χ1v) is 9.85. The first-order chi connectivity index (χ1) is 14.2. The molecule has 0 aliphatic carbocycles. The third-order valence-corrected chi connectivity index (χ3v) is 5.34. The molecule has 5 nitrogen and oxygen atoms in total. The largest absolute Gasteiger partial charge is 0.482 e. The molecule has 0 radical (unpaired) electrons. The monoisotopic (exact) mass is 446 g/mol. The molecular formula is C22H21Cl2FN4O. The predicted octanol–water partition coefficient (Wildman–Crippen LogP) is 5.84. The summed E-state index contributed by atoms with van der Waals surface area (Å²) in [5.74, 6) is -0.176. The van der Waals surface area contributed by atoms with Gasteiger partial charge in [-0.3, -0.25) is 0 Å². The van der Waals surface area contributed by atoms with Gasteiger partial charge in [0, 0.05) is 42.0 Å². The molecule has 0 aliphatic heterocycles. The highest BCUT2D eigenvalue weighted by atomic mass is 35.5. The molecule has 156 valence electrons. The molecule has 1 aromatic heterocycles. The summed E-state index contributed by atoms with van der Waals surface area (Å²) in [5.41, 5.74) is 9.57. The second-order valence-electron chi connectivity index (χ2n) is 6.91. The molecule has 1 unspecified atom stereocenters. The molecule has 0 fully saturated rings. The zero-order valence-corrected chi connectivity index (χ0v) is 18.3. The topological polar surface area (TPSA) is 64.3 Å². The summed E-state index contributed by atoms with van der Waals surface area (Å²) in [6.45, 7) is 5.75. The van der Waals surface area contributed by atoms with Crippen LogP contribution in [0.4, 0.5) is 10.2 Å². The fourth-order valence-electron chi connectivity index (χ4n) is 2.88. The molecule has 2 aromatic carbocycles. The highest BCUT2D eigenvalue weighted by Gasteiger charge is 2.20. The molecule has 1 atom stereocenters. The minimum atomic E-state index is -0.661. The summed E-state index contributed by atoms with van der Waals surface area (Å²) >= 11 is 12.3. The number of halogens is 3. The van der Waals surface area contributed by atoms with E-state index in [0.29, 0.717) is 22.0 Å². The number of hydrogen-bond acceptors (Lipinski definition) is 5. The fourth-order valence-corrected chi connectivity index (χ4v) is 3.55. The van der Waals surface area contributed by atoms with Crippen molar-refractivity contribution in [3.63, 3.8) is 0 Å². The summed E-state index contributed by atoms with van der Waals surface area (Å²) in [6, 6.07) is 12.0. The first kappa shape index (κ1) is 21.9. The molecule has 0 saturated heterocycles. The van der Waals surface area contributed by atoms with E-state index in [2.05, 4.69) is 16.8 Å². The number of ether oxygens (including phenoxy) is 1. The van der Waals surface area contributed by atoms with Gasteiger partial charge in [0.2, 0.25) is 0 Å². The van der Waals surface area contributed by atoms with Gasteiger partial charge in [0.05, 0.1) is 10.7 Å². The van der Waals surface area contributed by atoms with Crippen molar-refractivity contribution in [1.82, 2.24) is 15.1 Å². The Bertz CT molecular complexity index is 1090. The normalized spacial score (nSPS) is 11.8. The highest BCUT2D eigenvalue weighted by molar-refractivity contribution is 6.36. The van der Waals surface area contributed by atoms with E-state index in [-0.39, 0.29) is 10.8 Å². The lowest BCUT2D eigenvalue weighted by Crippen LogP contribution is -2.09. The minimum absolute atomic E-state index is 0.0903. The summed E-state index contributed by atoms with van der Waals surface area (Å²) in [6.07, 6.45) is -0.661. The van der Waals surface area contributed by atoms with Gasteiger partial charge in [0.1, 0.15) is 11.9 Å². The van der Waals surface area contributed by atoms with Gasteiger partial charge in [0.15, 0.2) is 11.6 Å². The van der Waals surface area contributed by atoms with E-state index in [4.69, 9.17) is 33.7 Å². The third-order valence-electron chi connectivity index (χ3n) is 4.63. The van der Waals surface area contributed by atoms with E-state index >= 15 is 0 Å². The Labute approximate surface area is 184 Å². The average molecular weight is 447 g/mol. The Morgan fingerprint density at radius 2 is 1.80 bits per heavy atom. The van der Waals surface area contributed by atoms with E-state index in [9.17, 15) is 4.39 Å². The lowest BCUT2D eigenvalue weighted by atomic mass is 10.1. The van der Waals surface area contributed by atoms with Crippen molar-refractivity contribution in [2.45, 2.75) is 13.0 Å². The van der Waals surface area contributed by atoms with Crippen LogP contribution >= 0.6 is 23.2 Å². The highest BCUT2D eigenvalue weighted by Crippen LogP contribution is 2.36. The third kappa shape index (κ3) is 4.50. The Morgan fingerprint density at radius 3 is 2.43 bits per heavy atom. The first-order valence-electron chi connectivity index (χ1n) is 9.09. The quantitative estimate of drug-likeness (QED) is 0.481. The van der Waals surface area contributed by atoms with Gasteiger partial charge in [-0.1, -0.05) is 54.0 Å². The summed E-state index contributed by atoms with van der Waals surface area (Å²) < 4.78 is 19.8. The summed E-state index contributed by atoms with van der Waals surface area (Å²) in [4.78, 5) is 1.94. The van der Waals surface area contributed by atoms with Gasteiger partial charge in [-0.15, -0.1) is 10.2 Å². The average Bonchev–Trinajstić information content (AvgIpc) is 2.72. The van der Waals surface area contributed by atoms with Crippen molar-refractivity contribution < 1.29 is 9.13 Å². The van der Waals surface area contributed by atoms with Gasteiger partial charge in [-0.2, -0.15) is 0 Å². The fraction of sp³-hybridized carbons (Fsp3) is 0.182. The molecule has 30 heavy (non-hydrogen) atoms.